The Kier molecular flexibility index (Phi) is 3.29. The van der Waals surface area contributed by atoms with Crippen molar-refractivity contribution in [2.24, 2.45) is 0 Å². The van der Waals surface area contributed by atoms with Gasteiger partial charge < -0.3 is 19.9 Å². The molecule has 1 saturated heterocycles. The number of fused-ring (bicyclic) bond motifs is 1. The van der Waals surface area contributed by atoms with E-state index in [1.54, 1.807) is 11.9 Å². The van der Waals surface area contributed by atoms with Gasteiger partial charge in [0.15, 0.2) is 0 Å². The maximum atomic E-state index is 11.8. The van der Waals surface area contributed by atoms with E-state index in [0.717, 1.165) is 37.6 Å². The summed E-state index contributed by atoms with van der Waals surface area (Å²) >= 11 is 0. The average molecular weight is 261 g/mol. The topological polar surface area (TPSA) is 44.8 Å². The van der Waals surface area contributed by atoms with Crippen molar-refractivity contribution in [1.82, 2.24) is 5.32 Å². The molecule has 1 aromatic carbocycles. The van der Waals surface area contributed by atoms with Gasteiger partial charge in [0, 0.05) is 45.0 Å². The van der Waals surface area contributed by atoms with E-state index in [-0.39, 0.29) is 5.91 Å². The zero-order valence-electron chi connectivity index (χ0n) is 11.2. The smallest absolute Gasteiger partial charge is 0.230 e. The maximum Gasteiger partial charge on any atom is 0.230 e. The number of ether oxygens (including phenoxy) is 1. The van der Waals surface area contributed by atoms with E-state index in [4.69, 9.17) is 4.74 Å². The van der Waals surface area contributed by atoms with E-state index in [1.807, 2.05) is 6.07 Å². The molecule has 0 unspecified atom stereocenters. The lowest BCUT2D eigenvalue weighted by molar-refractivity contribution is -0.118. The normalized spacial score (nSPS) is 19.7. The molecule has 0 aromatic heterocycles. The van der Waals surface area contributed by atoms with E-state index in [1.165, 1.54) is 5.69 Å². The number of amides is 1. The maximum absolute atomic E-state index is 11.8. The number of benzene rings is 1. The van der Waals surface area contributed by atoms with Crippen LogP contribution in [0.2, 0.25) is 0 Å². The number of hydrogen-bond acceptors (Lipinski definition) is 4. The third-order valence-electron chi connectivity index (χ3n) is 3.73. The molecule has 2 aliphatic heterocycles. The first-order valence-electron chi connectivity index (χ1n) is 6.75. The second kappa shape index (κ2) is 5.09. The van der Waals surface area contributed by atoms with E-state index in [2.05, 4.69) is 22.3 Å². The lowest BCUT2D eigenvalue weighted by atomic mass is 10.2. The molecule has 1 fully saturated rings. The predicted molar refractivity (Wildman–Crippen MR) is 75.0 cm³/mol. The second-order valence-corrected chi connectivity index (χ2v) is 4.94. The average Bonchev–Trinajstić information content (AvgIpc) is 2.60. The third-order valence-corrected chi connectivity index (χ3v) is 3.73. The van der Waals surface area contributed by atoms with Gasteiger partial charge in [-0.15, -0.1) is 0 Å². The SMILES string of the molecule is CN1C(=O)CCOc2cc(N3CCNCC3)ccc21. The van der Waals surface area contributed by atoms with Gasteiger partial charge in [-0.25, -0.2) is 0 Å². The van der Waals surface area contributed by atoms with Crippen molar-refractivity contribution in [3.05, 3.63) is 18.2 Å². The van der Waals surface area contributed by atoms with Crippen molar-refractivity contribution in [2.45, 2.75) is 6.42 Å². The van der Waals surface area contributed by atoms with Crippen LogP contribution in [0.3, 0.4) is 0 Å². The quantitative estimate of drug-likeness (QED) is 0.814. The number of anilines is 2. The van der Waals surface area contributed by atoms with E-state index >= 15 is 0 Å². The van der Waals surface area contributed by atoms with Crippen LogP contribution in [0.25, 0.3) is 0 Å². The van der Waals surface area contributed by atoms with Crippen molar-refractivity contribution >= 4 is 17.3 Å². The molecule has 3 rings (SSSR count). The molecular formula is C14H19N3O2. The molecule has 0 bridgehead atoms. The first-order valence-corrected chi connectivity index (χ1v) is 6.75. The van der Waals surface area contributed by atoms with Gasteiger partial charge in [0.1, 0.15) is 5.75 Å². The third kappa shape index (κ3) is 2.38. The minimum absolute atomic E-state index is 0.105. The molecule has 5 heteroatoms. The Labute approximate surface area is 113 Å². The Morgan fingerprint density at radius 2 is 2.05 bits per heavy atom. The monoisotopic (exact) mass is 261 g/mol. The Bertz CT molecular complexity index is 484. The summed E-state index contributed by atoms with van der Waals surface area (Å²) in [5.41, 5.74) is 2.03. The van der Waals surface area contributed by atoms with Gasteiger partial charge in [-0.05, 0) is 12.1 Å². The van der Waals surface area contributed by atoms with Gasteiger partial charge in [0.25, 0.3) is 0 Å². The number of hydrogen-bond donors (Lipinski definition) is 1. The van der Waals surface area contributed by atoms with Crippen LogP contribution in [-0.4, -0.2) is 45.7 Å². The summed E-state index contributed by atoms with van der Waals surface area (Å²) < 4.78 is 5.72. The molecule has 2 aliphatic rings. The van der Waals surface area contributed by atoms with Crippen LogP contribution in [0.5, 0.6) is 5.75 Å². The van der Waals surface area contributed by atoms with Crippen molar-refractivity contribution in [3.8, 4) is 5.75 Å². The van der Waals surface area contributed by atoms with Crippen molar-refractivity contribution < 1.29 is 9.53 Å². The van der Waals surface area contributed by atoms with Crippen molar-refractivity contribution in [1.29, 1.82) is 0 Å². The summed E-state index contributed by atoms with van der Waals surface area (Å²) in [6.45, 7) is 4.49. The van der Waals surface area contributed by atoms with Gasteiger partial charge >= 0.3 is 0 Å². The molecule has 0 radical (unpaired) electrons. The summed E-state index contributed by atoms with van der Waals surface area (Å²) in [4.78, 5) is 15.8. The van der Waals surface area contributed by atoms with Crippen LogP contribution >= 0.6 is 0 Å². The molecular weight excluding hydrogens is 242 g/mol. The van der Waals surface area contributed by atoms with E-state index < -0.39 is 0 Å². The first-order chi connectivity index (χ1) is 9.25. The van der Waals surface area contributed by atoms with E-state index in [9.17, 15) is 4.79 Å². The molecule has 5 nitrogen and oxygen atoms in total. The van der Waals surface area contributed by atoms with Gasteiger partial charge in [0.05, 0.1) is 18.7 Å². The molecule has 2 heterocycles. The van der Waals surface area contributed by atoms with Crippen LogP contribution in [0.4, 0.5) is 11.4 Å². The summed E-state index contributed by atoms with van der Waals surface area (Å²) in [6.07, 6.45) is 0.439. The van der Waals surface area contributed by atoms with Gasteiger partial charge in [0.2, 0.25) is 5.91 Å². The lowest BCUT2D eigenvalue weighted by Gasteiger charge is -2.30. The van der Waals surface area contributed by atoms with E-state index in [0.29, 0.717) is 13.0 Å². The molecule has 0 atom stereocenters. The minimum Gasteiger partial charge on any atom is -0.491 e. The summed E-state index contributed by atoms with van der Waals surface area (Å²) in [5, 5.41) is 3.34. The highest BCUT2D eigenvalue weighted by Crippen LogP contribution is 2.34. The van der Waals surface area contributed by atoms with Crippen LogP contribution in [-0.2, 0) is 4.79 Å². The van der Waals surface area contributed by atoms with Crippen LogP contribution < -0.4 is 19.9 Å². The molecule has 0 saturated carbocycles. The highest BCUT2D eigenvalue weighted by Gasteiger charge is 2.21. The predicted octanol–water partition coefficient (Wildman–Crippen LogP) is 0.842. The number of carbonyl (C=O) groups excluding carboxylic acids is 1. The number of rotatable bonds is 1. The lowest BCUT2D eigenvalue weighted by Crippen LogP contribution is -2.43. The molecule has 102 valence electrons. The first kappa shape index (κ1) is 12.3. The fraction of sp³-hybridized carbons (Fsp3) is 0.500. The summed E-state index contributed by atoms with van der Waals surface area (Å²) in [5.74, 6) is 0.915. The number of nitrogens with zero attached hydrogens (tertiary/aromatic N) is 2. The molecule has 1 N–H and O–H groups in total. The minimum atomic E-state index is 0.105. The number of nitrogens with one attached hydrogen (secondary N) is 1. The Hall–Kier alpha value is -1.75. The van der Waals surface area contributed by atoms with Gasteiger partial charge in [-0.2, -0.15) is 0 Å². The zero-order chi connectivity index (χ0) is 13.2. The summed E-state index contributed by atoms with van der Waals surface area (Å²) in [6, 6.07) is 6.11. The Balaban J connectivity index is 1.90. The molecule has 19 heavy (non-hydrogen) atoms. The fourth-order valence-electron chi connectivity index (χ4n) is 2.57. The fourth-order valence-corrected chi connectivity index (χ4v) is 2.57. The largest absolute Gasteiger partial charge is 0.491 e. The highest BCUT2D eigenvalue weighted by molar-refractivity contribution is 5.95. The second-order valence-electron chi connectivity index (χ2n) is 4.94. The van der Waals surface area contributed by atoms with Crippen LogP contribution in [0.1, 0.15) is 6.42 Å². The zero-order valence-corrected chi connectivity index (χ0v) is 11.2. The molecule has 1 aromatic rings. The highest BCUT2D eigenvalue weighted by atomic mass is 16.5. The number of carbonyl (C=O) groups is 1. The van der Waals surface area contributed by atoms with Crippen molar-refractivity contribution in [2.75, 3.05) is 49.6 Å². The van der Waals surface area contributed by atoms with Crippen molar-refractivity contribution in [3.63, 3.8) is 0 Å². The Morgan fingerprint density at radius 3 is 2.84 bits per heavy atom. The Morgan fingerprint density at radius 1 is 1.26 bits per heavy atom. The molecule has 1 amide bonds. The van der Waals surface area contributed by atoms with Gasteiger partial charge in [-0.1, -0.05) is 0 Å². The van der Waals surface area contributed by atoms with Crippen LogP contribution in [0.15, 0.2) is 18.2 Å². The standard InChI is InChI=1S/C14H19N3O2/c1-16-12-3-2-11(17-7-5-15-6-8-17)10-13(12)19-9-4-14(16)18/h2-3,10,15H,4-9H2,1H3. The number of piperazine rings is 1. The molecule has 0 spiro atoms. The van der Waals surface area contributed by atoms with Gasteiger partial charge in [-0.3, -0.25) is 4.79 Å². The summed E-state index contributed by atoms with van der Waals surface area (Å²) in [7, 11) is 1.81. The van der Waals surface area contributed by atoms with Crippen LogP contribution in [0, 0.1) is 0 Å². The molecule has 0 aliphatic carbocycles.